The number of fused-ring (bicyclic) bond motifs is 2. The maximum absolute atomic E-state index is 12.7. The van der Waals surface area contributed by atoms with Crippen molar-refractivity contribution in [2.75, 3.05) is 18.5 Å². The third-order valence-corrected chi connectivity index (χ3v) is 5.43. The second-order valence-electron chi connectivity index (χ2n) is 7.09. The summed E-state index contributed by atoms with van der Waals surface area (Å²) in [4.78, 5) is 12.7. The fourth-order valence-corrected chi connectivity index (χ4v) is 4.03. The van der Waals surface area contributed by atoms with Crippen molar-refractivity contribution in [1.82, 2.24) is 9.78 Å². The molecule has 1 amide bonds. The third kappa shape index (κ3) is 2.47. The predicted molar refractivity (Wildman–Crippen MR) is 92.1 cm³/mol. The van der Waals surface area contributed by atoms with Crippen LogP contribution in [0.2, 0.25) is 0 Å². The summed E-state index contributed by atoms with van der Waals surface area (Å²) in [7, 11) is 1.90. The normalized spacial score (nSPS) is 23.2. The Bertz CT molecular complexity index is 858. The van der Waals surface area contributed by atoms with Crippen LogP contribution in [0.1, 0.15) is 35.6 Å². The van der Waals surface area contributed by atoms with Gasteiger partial charge in [0.25, 0.3) is 0 Å². The van der Waals surface area contributed by atoms with Crippen molar-refractivity contribution in [3.05, 3.63) is 35.0 Å². The van der Waals surface area contributed by atoms with E-state index in [2.05, 4.69) is 10.4 Å². The Kier molecular flexibility index (Phi) is 3.26. The minimum atomic E-state index is 0.0227. The molecule has 6 heteroatoms. The number of anilines is 1. The number of ether oxygens (including phenoxy) is 2. The van der Waals surface area contributed by atoms with Gasteiger partial charge in [-0.2, -0.15) is 5.10 Å². The molecule has 2 aliphatic carbocycles. The van der Waals surface area contributed by atoms with Crippen LogP contribution in [0.5, 0.6) is 11.5 Å². The molecule has 2 heterocycles. The second kappa shape index (κ2) is 5.51. The third-order valence-electron chi connectivity index (χ3n) is 5.43. The summed E-state index contributed by atoms with van der Waals surface area (Å²) < 4.78 is 13.0. The van der Waals surface area contributed by atoms with Gasteiger partial charge in [0.1, 0.15) is 19.0 Å². The summed E-state index contributed by atoms with van der Waals surface area (Å²) in [5.41, 5.74) is 3.50. The SMILES string of the molecule is Cn1nc2c(c1NC(=O)C1CC1c1ccc3c(c1)OCCO3)CCC2. The molecule has 1 saturated carbocycles. The fraction of sp³-hybridized carbons (Fsp3) is 0.474. The van der Waals surface area contributed by atoms with Crippen LogP contribution in [0.3, 0.4) is 0 Å². The van der Waals surface area contributed by atoms with E-state index in [1.54, 1.807) is 0 Å². The molecule has 3 aliphatic rings. The number of aryl methyl sites for hydroxylation is 2. The number of hydrogen-bond acceptors (Lipinski definition) is 4. The first-order valence-electron chi connectivity index (χ1n) is 8.96. The topological polar surface area (TPSA) is 65.4 Å². The van der Waals surface area contributed by atoms with Crippen molar-refractivity contribution in [2.45, 2.75) is 31.6 Å². The lowest BCUT2D eigenvalue weighted by Crippen LogP contribution is -2.18. The maximum Gasteiger partial charge on any atom is 0.229 e. The number of aromatic nitrogens is 2. The highest BCUT2D eigenvalue weighted by atomic mass is 16.6. The molecule has 2 atom stereocenters. The van der Waals surface area contributed by atoms with Gasteiger partial charge in [-0.25, -0.2) is 0 Å². The van der Waals surface area contributed by atoms with Crippen molar-refractivity contribution in [3.63, 3.8) is 0 Å². The van der Waals surface area contributed by atoms with E-state index < -0.39 is 0 Å². The lowest BCUT2D eigenvalue weighted by Gasteiger charge is -2.18. The molecule has 130 valence electrons. The largest absolute Gasteiger partial charge is 0.486 e. The Labute approximate surface area is 146 Å². The highest BCUT2D eigenvalue weighted by Crippen LogP contribution is 2.50. The molecule has 5 rings (SSSR count). The van der Waals surface area contributed by atoms with E-state index in [0.717, 1.165) is 54.3 Å². The smallest absolute Gasteiger partial charge is 0.229 e. The van der Waals surface area contributed by atoms with E-state index in [4.69, 9.17) is 9.47 Å². The van der Waals surface area contributed by atoms with E-state index in [9.17, 15) is 4.79 Å². The summed E-state index contributed by atoms with van der Waals surface area (Å²) in [6, 6.07) is 6.02. The molecule has 1 fully saturated rings. The van der Waals surface area contributed by atoms with Gasteiger partial charge >= 0.3 is 0 Å². The summed E-state index contributed by atoms with van der Waals surface area (Å²) >= 11 is 0. The van der Waals surface area contributed by atoms with Crippen molar-refractivity contribution in [2.24, 2.45) is 13.0 Å². The van der Waals surface area contributed by atoms with Gasteiger partial charge in [-0.3, -0.25) is 9.48 Å². The standard InChI is InChI=1S/C19H21N3O3/c1-22-18(12-3-2-4-15(12)21-22)20-19(23)14-10-13(14)11-5-6-16-17(9-11)25-8-7-24-16/h5-6,9,13-14H,2-4,7-8,10H2,1H3,(H,20,23). The lowest BCUT2D eigenvalue weighted by atomic mass is 10.1. The monoisotopic (exact) mass is 339 g/mol. The molecule has 1 aromatic heterocycles. The Morgan fingerprint density at radius 1 is 1.24 bits per heavy atom. The van der Waals surface area contributed by atoms with Gasteiger partial charge < -0.3 is 14.8 Å². The molecule has 2 aromatic rings. The van der Waals surface area contributed by atoms with Crippen LogP contribution in [-0.4, -0.2) is 28.9 Å². The molecule has 0 saturated heterocycles. The zero-order valence-corrected chi connectivity index (χ0v) is 14.2. The summed E-state index contributed by atoms with van der Waals surface area (Å²) in [5.74, 6) is 2.84. The molecule has 0 radical (unpaired) electrons. The summed E-state index contributed by atoms with van der Waals surface area (Å²) in [6.07, 6.45) is 4.04. The number of carbonyl (C=O) groups excluding carboxylic acids is 1. The zero-order valence-electron chi connectivity index (χ0n) is 14.2. The Morgan fingerprint density at radius 3 is 2.96 bits per heavy atom. The van der Waals surface area contributed by atoms with Crippen LogP contribution in [-0.2, 0) is 24.7 Å². The predicted octanol–water partition coefficient (Wildman–Crippen LogP) is 2.42. The summed E-state index contributed by atoms with van der Waals surface area (Å²) in [6.45, 7) is 1.17. The number of hydrogen-bond donors (Lipinski definition) is 1. The van der Waals surface area contributed by atoms with E-state index in [1.807, 2.05) is 29.9 Å². The van der Waals surface area contributed by atoms with E-state index in [-0.39, 0.29) is 17.7 Å². The van der Waals surface area contributed by atoms with Crippen LogP contribution in [0.4, 0.5) is 5.82 Å². The molecule has 0 bridgehead atoms. The van der Waals surface area contributed by atoms with E-state index in [0.29, 0.717) is 13.2 Å². The molecular weight excluding hydrogens is 318 g/mol. The van der Waals surface area contributed by atoms with Gasteiger partial charge in [0.15, 0.2) is 11.5 Å². The van der Waals surface area contributed by atoms with Crippen molar-refractivity contribution in [3.8, 4) is 11.5 Å². The van der Waals surface area contributed by atoms with Crippen LogP contribution >= 0.6 is 0 Å². The van der Waals surface area contributed by atoms with Gasteiger partial charge in [-0.15, -0.1) is 0 Å². The van der Waals surface area contributed by atoms with Gasteiger partial charge in [-0.05, 0) is 49.3 Å². The minimum Gasteiger partial charge on any atom is -0.486 e. The molecule has 6 nitrogen and oxygen atoms in total. The van der Waals surface area contributed by atoms with Gasteiger partial charge in [0, 0.05) is 18.5 Å². The molecule has 2 unspecified atom stereocenters. The minimum absolute atomic E-state index is 0.0227. The Balaban J connectivity index is 1.31. The number of benzene rings is 1. The van der Waals surface area contributed by atoms with Gasteiger partial charge in [-0.1, -0.05) is 6.07 Å². The highest BCUT2D eigenvalue weighted by molar-refractivity contribution is 5.95. The van der Waals surface area contributed by atoms with Crippen molar-refractivity contribution >= 4 is 11.7 Å². The number of carbonyl (C=O) groups is 1. The van der Waals surface area contributed by atoms with Crippen molar-refractivity contribution in [1.29, 1.82) is 0 Å². The molecule has 1 N–H and O–H groups in total. The highest BCUT2D eigenvalue weighted by Gasteiger charge is 2.44. The second-order valence-corrected chi connectivity index (χ2v) is 7.09. The van der Waals surface area contributed by atoms with E-state index in [1.165, 1.54) is 5.56 Å². The zero-order chi connectivity index (χ0) is 17.0. The molecule has 1 aromatic carbocycles. The molecular formula is C19H21N3O3. The first-order chi connectivity index (χ1) is 12.2. The number of rotatable bonds is 3. The van der Waals surface area contributed by atoms with Gasteiger partial charge in [0.2, 0.25) is 5.91 Å². The van der Waals surface area contributed by atoms with Gasteiger partial charge in [0.05, 0.1) is 5.69 Å². The molecule has 1 aliphatic heterocycles. The molecule has 0 spiro atoms. The van der Waals surface area contributed by atoms with Crippen LogP contribution in [0, 0.1) is 5.92 Å². The first kappa shape index (κ1) is 14.8. The number of nitrogens with zero attached hydrogens (tertiary/aromatic N) is 2. The Hall–Kier alpha value is -2.50. The fourth-order valence-electron chi connectivity index (χ4n) is 4.03. The van der Waals surface area contributed by atoms with Crippen molar-refractivity contribution < 1.29 is 14.3 Å². The van der Waals surface area contributed by atoms with Crippen LogP contribution < -0.4 is 14.8 Å². The van der Waals surface area contributed by atoms with E-state index >= 15 is 0 Å². The number of amides is 1. The lowest BCUT2D eigenvalue weighted by molar-refractivity contribution is -0.117. The average Bonchev–Trinajstić information content (AvgIpc) is 3.22. The first-order valence-corrected chi connectivity index (χ1v) is 8.96. The maximum atomic E-state index is 12.7. The average molecular weight is 339 g/mol. The molecule has 25 heavy (non-hydrogen) atoms. The number of nitrogens with one attached hydrogen (secondary N) is 1. The quantitative estimate of drug-likeness (QED) is 0.933. The summed E-state index contributed by atoms with van der Waals surface area (Å²) in [5, 5.41) is 7.64. The van der Waals surface area contributed by atoms with Crippen LogP contribution in [0.15, 0.2) is 18.2 Å². The Morgan fingerprint density at radius 2 is 2.08 bits per heavy atom. The van der Waals surface area contributed by atoms with Crippen LogP contribution in [0.25, 0.3) is 0 Å².